The van der Waals surface area contributed by atoms with Crippen molar-refractivity contribution in [2.45, 2.75) is 25.9 Å². The Morgan fingerprint density at radius 2 is 2.32 bits per heavy atom. The van der Waals surface area contributed by atoms with Crippen LogP contribution in [0.4, 0.5) is 5.69 Å². The van der Waals surface area contributed by atoms with Gasteiger partial charge in [-0.2, -0.15) is 0 Å². The fourth-order valence-corrected chi connectivity index (χ4v) is 2.13. The number of hydrogen-bond acceptors (Lipinski definition) is 4. The molecule has 104 valence electrons. The van der Waals surface area contributed by atoms with Crippen molar-refractivity contribution in [1.29, 1.82) is 0 Å². The summed E-state index contributed by atoms with van der Waals surface area (Å²) in [4.78, 5) is 17.9. The van der Waals surface area contributed by atoms with Crippen LogP contribution < -0.4 is 4.90 Å². The van der Waals surface area contributed by atoms with Crippen molar-refractivity contribution in [1.82, 2.24) is 4.98 Å². The zero-order chi connectivity index (χ0) is 13.5. The Kier molecular flexibility index (Phi) is 5.30. The van der Waals surface area contributed by atoms with E-state index in [-0.39, 0.29) is 18.6 Å². The highest BCUT2D eigenvalue weighted by atomic mass is 16.5. The molecule has 1 aromatic rings. The van der Waals surface area contributed by atoms with E-state index in [0.29, 0.717) is 6.54 Å². The van der Waals surface area contributed by atoms with Gasteiger partial charge in [-0.1, -0.05) is 0 Å². The van der Waals surface area contributed by atoms with E-state index >= 15 is 0 Å². The second kappa shape index (κ2) is 7.21. The third-order valence-electron chi connectivity index (χ3n) is 3.19. The van der Waals surface area contributed by atoms with Gasteiger partial charge in [-0.15, -0.1) is 0 Å². The summed E-state index contributed by atoms with van der Waals surface area (Å²) in [5.74, 6) is -0.0259. The monoisotopic (exact) mass is 264 g/mol. The highest BCUT2D eigenvalue weighted by molar-refractivity contribution is 5.94. The first-order chi connectivity index (χ1) is 9.31. The summed E-state index contributed by atoms with van der Waals surface area (Å²) >= 11 is 0. The molecule has 1 amide bonds. The Morgan fingerprint density at radius 1 is 1.53 bits per heavy atom. The minimum absolute atomic E-state index is 0.0259. The van der Waals surface area contributed by atoms with Crippen LogP contribution in [0.25, 0.3) is 0 Å². The molecule has 19 heavy (non-hydrogen) atoms. The van der Waals surface area contributed by atoms with Crippen LogP contribution in [0.3, 0.4) is 0 Å². The number of carbonyl (C=O) groups is 1. The molecule has 2 heterocycles. The number of pyridine rings is 1. The van der Waals surface area contributed by atoms with E-state index in [1.807, 2.05) is 19.1 Å². The van der Waals surface area contributed by atoms with Crippen LogP contribution >= 0.6 is 0 Å². The van der Waals surface area contributed by atoms with Gasteiger partial charge in [0.25, 0.3) is 5.91 Å². The third kappa shape index (κ3) is 4.01. The standard InChI is InChI=1S/C14H20N2O3/c1-2-16(12-4-3-7-15-10-12)14(17)11-19-13-5-8-18-9-6-13/h3-4,7,10,13H,2,5-6,8-9,11H2,1H3. The predicted octanol–water partition coefficient (Wildman–Crippen LogP) is 1.63. The number of rotatable bonds is 5. The normalized spacial score (nSPS) is 16.3. The molecule has 0 N–H and O–H groups in total. The number of amides is 1. The van der Waals surface area contributed by atoms with Crippen molar-refractivity contribution in [3.8, 4) is 0 Å². The van der Waals surface area contributed by atoms with E-state index in [1.165, 1.54) is 0 Å². The van der Waals surface area contributed by atoms with Gasteiger partial charge in [0, 0.05) is 26.0 Å². The number of hydrogen-bond donors (Lipinski definition) is 0. The number of anilines is 1. The van der Waals surface area contributed by atoms with Crippen LogP contribution in [0, 0.1) is 0 Å². The maximum atomic E-state index is 12.2. The Morgan fingerprint density at radius 3 is 2.95 bits per heavy atom. The molecule has 0 aliphatic carbocycles. The van der Waals surface area contributed by atoms with E-state index in [4.69, 9.17) is 9.47 Å². The first-order valence-electron chi connectivity index (χ1n) is 6.71. The molecule has 0 spiro atoms. The van der Waals surface area contributed by atoms with Gasteiger partial charge < -0.3 is 14.4 Å². The van der Waals surface area contributed by atoms with E-state index < -0.39 is 0 Å². The molecule has 2 rings (SSSR count). The number of aromatic nitrogens is 1. The molecule has 0 atom stereocenters. The zero-order valence-corrected chi connectivity index (χ0v) is 11.2. The van der Waals surface area contributed by atoms with Crippen molar-refractivity contribution in [3.05, 3.63) is 24.5 Å². The predicted molar refractivity (Wildman–Crippen MR) is 72.1 cm³/mol. The van der Waals surface area contributed by atoms with Crippen LogP contribution in [0.15, 0.2) is 24.5 Å². The molecule has 1 fully saturated rings. The van der Waals surface area contributed by atoms with Crippen LogP contribution in [-0.2, 0) is 14.3 Å². The van der Waals surface area contributed by atoms with Crippen LogP contribution in [0.2, 0.25) is 0 Å². The van der Waals surface area contributed by atoms with Gasteiger partial charge in [-0.25, -0.2) is 0 Å². The van der Waals surface area contributed by atoms with Crippen molar-refractivity contribution in [2.75, 3.05) is 31.3 Å². The lowest BCUT2D eigenvalue weighted by molar-refractivity contribution is -0.127. The molecule has 5 heteroatoms. The minimum atomic E-state index is -0.0259. The quantitative estimate of drug-likeness (QED) is 0.811. The van der Waals surface area contributed by atoms with Gasteiger partial charge in [-0.3, -0.25) is 9.78 Å². The summed E-state index contributed by atoms with van der Waals surface area (Å²) in [6.45, 7) is 4.12. The van der Waals surface area contributed by atoms with Gasteiger partial charge in [0.1, 0.15) is 6.61 Å². The van der Waals surface area contributed by atoms with Gasteiger partial charge >= 0.3 is 0 Å². The summed E-state index contributed by atoms with van der Waals surface area (Å²) in [5, 5.41) is 0. The van der Waals surface area contributed by atoms with E-state index in [2.05, 4.69) is 4.98 Å². The maximum absolute atomic E-state index is 12.2. The molecule has 0 bridgehead atoms. The van der Waals surface area contributed by atoms with Gasteiger partial charge in [0.05, 0.1) is 18.0 Å². The summed E-state index contributed by atoms with van der Waals surface area (Å²) in [7, 11) is 0. The second-order valence-corrected chi connectivity index (χ2v) is 4.47. The molecule has 0 unspecified atom stereocenters. The molecule has 5 nitrogen and oxygen atoms in total. The summed E-state index contributed by atoms with van der Waals surface area (Å²) in [6.07, 6.45) is 5.26. The van der Waals surface area contributed by atoms with E-state index in [9.17, 15) is 4.79 Å². The summed E-state index contributed by atoms with van der Waals surface area (Å²) in [5.41, 5.74) is 0.811. The first-order valence-corrected chi connectivity index (χ1v) is 6.71. The Hall–Kier alpha value is -1.46. The Bertz CT molecular complexity index is 391. The maximum Gasteiger partial charge on any atom is 0.253 e. The van der Waals surface area contributed by atoms with Crippen molar-refractivity contribution >= 4 is 11.6 Å². The third-order valence-corrected chi connectivity index (χ3v) is 3.19. The lowest BCUT2D eigenvalue weighted by Gasteiger charge is -2.25. The minimum Gasteiger partial charge on any atom is -0.381 e. The second-order valence-electron chi connectivity index (χ2n) is 4.47. The van der Waals surface area contributed by atoms with Crippen molar-refractivity contribution in [3.63, 3.8) is 0 Å². The van der Waals surface area contributed by atoms with Crippen LogP contribution in [0.5, 0.6) is 0 Å². The van der Waals surface area contributed by atoms with Crippen LogP contribution in [-0.4, -0.2) is 43.4 Å². The molecule has 1 aliphatic rings. The lowest BCUT2D eigenvalue weighted by Crippen LogP contribution is -2.36. The average Bonchev–Trinajstić information content (AvgIpc) is 2.48. The fourth-order valence-electron chi connectivity index (χ4n) is 2.13. The largest absolute Gasteiger partial charge is 0.381 e. The van der Waals surface area contributed by atoms with E-state index in [1.54, 1.807) is 17.3 Å². The van der Waals surface area contributed by atoms with Gasteiger partial charge in [0.2, 0.25) is 0 Å². The molecule has 0 saturated carbocycles. The molecule has 0 aromatic carbocycles. The van der Waals surface area contributed by atoms with Crippen LogP contribution in [0.1, 0.15) is 19.8 Å². The Balaban J connectivity index is 1.86. The van der Waals surface area contributed by atoms with Gasteiger partial charge in [-0.05, 0) is 31.9 Å². The first kappa shape index (κ1) is 14.0. The zero-order valence-electron chi connectivity index (χ0n) is 11.2. The highest BCUT2D eigenvalue weighted by Crippen LogP contribution is 2.14. The van der Waals surface area contributed by atoms with Gasteiger partial charge in [0.15, 0.2) is 0 Å². The molecule has 1 aromatic heterocycles. The molecule has 1 saturated heterocycles. The SMILES string of the molecule is CCN(C(=O)COC1CCOCC1)c1cccnc1. The summed E-state index contributed by atoms with van der Waals surface area (Å²) < 4.78 is 10.9. The molecule has 1 aliphatic heterocycles. The lowest BCUT2D eigenvalue weighted by atomic mass is 10.1. The number of carbonyl (C=O) groups excluding carboxylic acids is 1. The summed E-state index contributed by atoms with van der Waals surface area (Å²) in [6, 6.07) is 3.70. The topological polar surface area (TPSA) is 51.7 Å². The molecular formula is C14H20N2O3. The van der Waals surface area contributed by atoms with Crippen molar-refractivity contribution in [2.24, 2.45) is 0 Å². The average molecular weight is 264 g/mol. The number of likely N-dealkylation sites (N-methyl/N-ethyl adjacent to an activating group) is 1. The number of ether oxygens (including phenoxy) is 2. The molecule has 0 radical (unpaired) electrons. The Labute approximate surface area is 113 Å². The van der Waals surface area contributed by atoms with Crippen molar-refractivity contribution < 1.29 is 14.3 Å². The fraction of sp³-hybridized carbons (Fsp3) is 0.571. The molecular weight excluding hydrogens is 244 g/mol. The number of nitrogens with zero attached hydrogens (tertiary/aromatic N) is 2. The van der Waals surface area contributed by atoms with E-state index in [0.717, 1.165) is 31.7 Å². The smallest absolute Gasteiger partial charge is 0.253 e. The highest BCUT2D eigenvalue weighted by Gasteiger charge is 2.19.